The lowest BCUT2D eigenvalue weighted by Gasteiger charge is -2.10. The van der Waals surface area contributed by atoms with Gasteiger partial charge in [0.05, 0.1) is 14.2 Å². The van der Waals surface area contributed by atoms with Gasteiger partial charge in [-0.15, -0.1) is 0 Å². The number of hydrogen-bond donors (Lipinski definition) is 0. The summed E-state index contributed by atoms with van der Waals surface area (Å²) in [7, 11) is 3.39. The van der Waals surface area contributed by atoms with E-state index in [-0.39, 0.29) is 0 Å². The van der Waals surface area contributed by atoms with Crippen LogP contribution in [0.3, 0.4) is 0 Å². The molecule has 0 aliphatic heterocycles. The van der Waals surface area contributed by atoms with E-state index in [0.717, 1.165) is 17.9 Å². The third kappa shape index (κ3) is 1.48. The van der Waals surface area contributed by atoms with Gasteiger partial charge in [-0.05, 0) is 22.8 Å². The van der Waals surface area contributed by atoms with Crippen molar-refractivity contribution in [2.75, 3.05) is 14.2 Å². The molecule has 86 valence electrons. The van der Waals surface area contributed by atoms with Crippen molar-refractivity contribution in [1.82, 2.24) is 0 Å². The SMILES string of the molecule is COc1cc(OC)c2c(c1)-c1ccccc1C2. The predicted octanol–water partition coefficient (Wildman–Crippen LogP) is 3.28. The fourth-order valence-electron chi connectivity index (χ4n) is 2.47. The van der Waals surface area contributed by atoms with Crippen molar-refractivity contribution >= 4 is 0 Å². The first-order chi connectivity index (χ1) is 8.33. The molecular weight excluding hydrogens is 212 g/mol. The second-order valence-corrected chi connectivity index (χ2v) is 4.19. The van der Waals surface area contributed by atoms with Gasteiger partial charge in [0.2, 0.25) is 0 Å². The molecule has 2 aromatic carbocycles. The van der Waals surface area contributed by atoms with E-state index in [1.807, 2.05) is 6.07 Å². The maximum absolute atomic E-state index is 5.45. The minimum atomic E-state index is 0.845. The van der Waals surface area contributed by atoms with Crippen molar-refractivity contribution in [1.29, 1.82) is 0 Å². The fraction of sp³-hybridized carbons (Fsp3) is 0.200. The first-order valence-electron chi connectivity index (χ1n) is 5.66. The van der Waals surface area contributed by atoms with Crippen molar-refractivity contribution in [3.63, 3.8) is 0 Å². The minimum Gasteiger partial charge on any atom is -0.497 e. The first kappa shape index (κ1) is 10.2. The first-order valence-corrected chi connectivity index (χ1v) is 5.66. The highest BCUT2D eigenvalue weighted by Gasteiger charge is 2.22. The van der Waals surface area contributed by atoms with Crippen LogP contribution < -0.4 is 9.47 Å². The highest BCUT2D eigenvalue weighted by atomic mass is 16.5. The van der Waals surface area contributed by atoms with Crippen LogP contribution in [0.1, 0.15) is 11.1 Å². The lowest BCUT2D eigenvalue weighted by Crippen LogP contribution is -1.92. The predicted molar refractivity (Wildman–Crippen MR) is 67.8 cm³/mol. The standard InChI is InChI=1S/C15H14O2/c1-16-11-8-13-12-6-4-3-5-10(12)7-14(13)15(9-11)17-2/h3-6,8-9H,7H2,1-2H3. The van der Waals surface area contributed by atoms with Gasteiger partial charge in [0.15, 0.2) is 0 Å². The fourth-order valence-corrected chi connectivity index (χ4v) is 2.47. The molecular formula is C15H14O2. The lowest BCUT2D eigenvalue weighted by atomic mass is 10.1. The van der Waals surface area contributed by atoms with Crippen molar-refractivity contribution in [3.8, 4) is 22.6 Å². The molecule has 0 saturated carbocycles. The van der Waals surface area contributed by atoms with Gasteiger partial charge in [-0.1, -0.05) is 24.3 Å². The second-order valence-electron chi connectivity index (χ2n) is 4.19. The number of rotatable bonds is 2. The molecule has 1 aliphatic carbocycles. The average Bonchev–Trinajstić information content (AvgIpc) is 2.76. The maximum Gasteiger partial charge on any atom is 0.126 e. The highest BCUT2D eigenvalue weighted by Crippen LogP contribution is 2.43. The van der Waals surface area contributed by atoms with Gasteiger partial charge in [-0.25, -0.2) is 0 Å². The summed E-state index contributed by atoms with van der Waals surface area (Å²) in [5.41, 5.74) is 5.14. The third-order valence-corrected chi connectivity index (χ3v) is 3.31. The summed E-state index contributed by atoms with van der Waals surface area (Å²) in [5, 5.41) is 0. The summed E-state index contributed by atoms with van der Waals surface area (Å²) in [6.45, 7) is 0. The Bertz CT molecular complexity index is 573. The van der Waals surface area contributed by atoms with Crippen LogP contribution in [0, 0.1) is 0 Å². The van der Waals surface area contributed by atoms with Gasteiger partial charge < -0.3 is 9.47 Å². The monoisotopic (exact) mass is 226 g/mol. The summed E-state index contributed by atoms with van der Waals surface area (Å²) >= 11 is 0. The van der Waals surface area contributed by atoms with Gasteiger partial charge in [0.1, 0.15) is 11.5 Å². The molecule has 0 radical (unpaired) electrons. The summed E-state index contributed by atoms with van der Waals surface area (Å²) in [6.07, 6.45) is 0.943. The normalized spacial score (nSPS) is 11.9. The van der Waals surface area contributed by atoms with Crippen LogP contribution >= 0.6 is 0 Å². The van der Waals surface area contributed by atoms with Crippen LogP contribution in [0.25, 0.3) is 11.1 Å². The summed E-state index contributed by atoms with van der Waals surface area (Å²) < 4.78 is 10.8. The van der Waals surface area contributed by atoms with Crippen molar-refractivity contribution in [2.24, 2.45) is 0 Å². The Morgan fingerprint density at radius 1 is 0.941 bits per heavy atom. The van der Waals surface area contributed by atoms with Gasteiger partial charge in [0, 0.05) is 18.1 Å². The molecule has 0 unspecified atom stereocenters. The van der Waals surface area contributed by atoms with E-state index in [9.17, 15) is 0 Å². The van der Waals surface area contributed by atoms with E-state index in [0.29, 0.717) is 0 Å². The van der Waals surface area contributed by atoms with E-state index in [1.165, 1.54) is 22.3 Å². The van der Waals surface area contributed by atoms with E-state index in [4.69, 9.17) is 9.47 Å². The van der Waals surface area contributed by atoms with Crippen molar-refractivity contribution in [2.45, 2.75) is 6.42 Å². The molecule has 0 saturated heterocycles. The van der Waals surface area contributed by atoms with Crippen LogP contribution in [0.4, 0.5) is 0 Å². The molecule has 3 rings (SSSR count). The second kappa shape index (κ2) is 3.81. The van der Waals surface area contributed by atoms with Gasteiger partial charge in [0.25, 0.3) is 0 Å². The molecule has 2 heteroatoms. The Hall–Kier alpha value is -1.96. The zero-order valence-electron chi connectivity index (χ0n) is 9.99. The van der Waals surface area contributed by atoms with Crippen LogP contribution in [0.15, 0.2) is 36.4 Å². The van der Waals surface area contributed by atoms with Crippen molar-refractivity contribution < 1.29 is 9.47 Å². The number of ether oxygens (including phenoxy) is 2. The highest BCUT2D eigenvalue weighted by molar-refractivity contribution is 5.80. The smallest absolute Gasteiger partial charge is 0.126 e. The Morgan fingerprint density at radius 2 is 1.76 bits per heavy atom. The summed E-state index contributed by atoms with van der Waals surface area (Å²) in [6, 6.07) is 12.5. The molecule has 0 aromatic heterocycles. The van der Waals surface area contributed by atoms with E-state index in [1.54, 1.807) is 14.2 Å². The molecule has 0 heterocycles. The molecule has 0 atom stereocenters. The third-order valence-electron chi connectivity index (χ3n) is 3.31. The molecule has 0 fully saturated rings. The number of fused-ring (bicyclic) bond motifs is 3. The van der Waals surface area contributed by atoms with Gasteiger partial charge in [-0.3, -0.25) is 0 Å². The zero-order chi connectivity index (χ0) is 11.8. The minimum absolute atomic E-state index is 0.845. The van der Waals surface area contributed by atoms with Crippen LogP contribution in [0.2, 0.25) is 0 Å². The zero-order valence-corrected chi connectivity index (χ0v) is 9.99. The molecule has 0 N–H and O–H groups in total. The van der Waals surface area contributed by atoms with Gasteiger partial charge >= 0.3 is 0 Å². The molecule has 0 spiro atoms. The van der Waals surface area contributed by atoms with Gasteiger partial charge in [-0.2, -0.15) is 0 Å². The topological polar surface area (TPSA) is 18.5 Å². The van der Waals surface area contributed by atoms with E-state index >= 15 is 0 Å². The Labute approximate surface area is 101 Å². The number of methoxy groups -OCH3 is 2. The van der Waals surface area contributed by atoms with Crippen molar-refractivity contribution in [3.05, 3.63) is 47.5 Å². The Kier molecular flexibility index (Phi) is 2.29. The van der Waals surface area contributed by atoms with E-state index < -0.39 is 0 Å². The van der Waals surface area contributed by atoms with Crippen LogP contribution in [-0.2, 0) is 6.42 Å². The van der Waals surface area contributed by atoms with E-state index in [2.05, 4.69) is 30.3 Å². The molecule has 0 amide bonds. The average molecular weight is 226 g/mol. The summed E-state index contributed by atoms with van der Waals surface area (Å²) in [4.78, 5) is 0. The van der Waals surface area contributed by atoms with Crippen LogP contribution in [0.5, 0.6) is 11.5 Å². The molecule has 2 nitrogen and oxygen atoms in total. The quantitative estimate of drug-likeness (QED) is 0.667. The number of hydrogen-bond acceptors (Lipinski definition) is 2. The Balaban J connectivity index is 2.25. The molecule has 2 aromatic rings. The number of benzene rings is 2. The Morgan fingerprint density at radius 3 is 2.53 bits per heavy atom. The summed E-state index contributed by atoms with van der Waals surface area (Å²) in [5.74, 6) is 1.76. The maximum atomic E-state index is 5.45. The molecule has 17 heavy (non-hydrogen) atoms. The lowest BCUT2D eigenvalue weighted by molar-refractivity contribution is 0.392. The molecule has 1 aliphatic rings. The van der Waals surface area contributed by atoms with Crippen LogP contribution in [-0.4, -0.2) is 14.2 Å². The largest absolute Gasteiger partial charge is 0.497 e. The molecule has 0 bridgehead atoms.